The third kappa shape index (κ3) is 5.74. The molecule has 3 rings (SSSR count). The molecule has 8 nitrogen and oxygen atoms in total. The largest absolute Gasteiger partial charge is 0.493 e. The first-order chi connectivity index (χ1) is 15.7. The molecule has 2 amide bonds. The normalized spacial score (nSPS) is 14.7. The molecule has 0 bridgehead atoms. The van der Waals surface area contributed by atoms with E-state index in [9.17, 15) is 19.2 Å². The topological polar surface area (TPSA) is 99.2 Å². The lowest BCUT2D eigenvalue weighted by molar-refractivity contribution is -0.149. The maximum atomic E-state index is 12.7. The molecule has 0 unspecified atom stereocenters. The van der Waals surface area contributed by atoms with Gasteiger partial charge in [-0.3, -0.25) is 19.3 Å². The van der Waals surface area contributed by atoms with E-state index in [1.165, 1.54) is 19.3 Å². The molecule has 2 aromatic rings. The van der Waals surface area contributed by atoms with Crippen LogP contribution in [0.15, 0.2) is 47.4 Å². The van der Waals surface area contributed by atoms with Crippen molar-refractivity contribution in [3.8, 4) is 11.5 Å². The zero-order chi connectivity index (χ0) is 24.1. The monoisotopic (exact) mass is 489 g/mol. The SMILES string of the molecule is COc1cccc(/C=C2\SC(=O)N(CC(=O)OC(C)C)C2=O)c1OC(=O)c1ccccc1Cl. The summed E-state index contributed by atoms with van der Waals surface area (Å²) in [6, 6.07) is 11.2. The minimum atomic E-state index is -0.718. The predicted molar refractivity (Wildman–Crippen MR) is 123 cm³/mol. The van der Waals surface area contributed by atoms with Crippen molar-refractivity contribution in [2.24, 2.45) is 0 Å². The van der Waals surface area contributed by atoms with Gasteiger partial charge in [-0.25, -0.2) is 4.79 Å². The number of para-hydroxylation sites is 1. The van der Waals surface area contributed by atoms with E-state index < -0.39 is 29.6 Å². The fourth-order valence-electron chi connectivity index (χ4n) is 2.90. The van der Waals surface area contributed by atoms with E-state index >= 15 is 0 Å². The fourth-order valence-corrected chi connectivity index (χ4v) is 3.94. The highest BCUT2D eigenvalue weighted by Crippen LogP contribution is 2.38. The number of rotatable bonds is 7. The number of ether oxygens (including phenoxy) is 3. The van der Waals surface area contributed by atoms with Gasteiger partial charge in [0.2, 0.25) is 0 Å². The molecule has 33 heavy (non-hydrogen) atoms. The number of carbonyl (C=O) groups excluding carboxylic acids is 4. The van der Waals surface area contributed by atoms with Gasteiger partial charge < -0.3 is 14.2 Å². The zero-order valence-corrected chi connectivity index (χ0v) is 19.6. The molecule has 0 radical (unpaired) electrons. The summed E-state index contributed by atoms with van der Waals surface area (Å²) in [5.74, 6) is -1.77. The van der Waals surface area contributed by atoms with E-state index in [4.69, 9.17) is 25.8 Å². The minimum absolute atomic E-state index is 0.0518. The molecule has 0 aromatic heterocycles. The van der Waals surface area contributed by atoms with Gasteiger partial charge in [-0.15, -0.1) is 0 Å². The van der Waals surface area contributed by atoms with E-state index in [0.717, 1.165) is 4.90 Å². The summed E-state index contributed by atoms with van der Waals surface area (Å²) < 4.78 is 15.9. The molecule has 0 saturated carbocycles. The first kappa shape index (κ1) is 24.3. The average molecular weight is 490 g/mol. The number of thioether (sulfide) groups is 1. The second-order valence-electron chi connectivity index (χ2n) is 7.05. The van der Waals surface area contributed by atoms with Crippen LogP contribution in [0.25, 0.3) is 6.08 Å². The Hall–Kier alpha value is -3.30. The number of hydrogen-bond acceptors (Lipinski definition) is 8. The molecule has 0 aliphatic carbocycles. The third-order valence-electron chi connectivity index (χ3n) is 4.33. The van der Waals surface area contributed by atoms with Crippen LogP contribution >= 0.6 is 23.4 Å². The third-order valence-corrected chi connectivity index (χ3v) is 5.57. The first-order valence-electron chi connectivity index (χ1n) is 9.79. The van der Waals surface area contributed by atoms with Crippen LogP contribution in [0.2, 0.25) is 5.02 Å². The summed E-state index contributed by atoms with van der Waals surface area (Å²) in [7, 11) is 1.40. The number of nitrogens with zero attached hydrogens (tertiary/aromatic N) is 1. The number of halogens is 1. The van der Waals surface area contributed by atoms with Crippen LogP contribution in [0.4, 0.5) is 4.79 Å². The van der Waals surface area contributed by atoms with Gasteiger partial charge in [0.05, 0.1) is 28.7 Å². The Morgan fingerprint density at radius 2 is 1.85 bits per heavy atom. The van der Waals surface area contributed by atoms with Gasteiger partial charge in [-0.2, -0.15) is 0 Å². The number of imide groups is 1. The average Bonchev–Trinajstić information content (AvgIpc) is 3.01. The smallest absolute Gasteiger partial charge is 0.345 e. The van der Waals surface area contributed by atoms with Crippen molar-refractivity contribution < 1.29 is 33.4 Å². The van der Waals surface area contributed by atoms with Crippen molar-refractivity contribution in [3.63, 3.8) is 0 Å². The second-order valence-corrected chi connectivity index (χ2v) is 8.45. The maximum Gasteiger partial charge on any atom is 0.345 e. The van der Waals surface area contributed by atoms with Gasteiger partial charge in [0, 0.05) is 5.56 Å². The summed E-state index contributed by atoms with van der Waals surface area (Å²) in [5, 5.41) is -0.391. The molecule has 1 aliphatic heterocycles. The van der Waals surface area contributed by atoms with Gasteiger partial charge in [-0.1, -0.05) is 35.9 Å². The van der Waals surface area contributed by atoms with Gasteiger partial charge in [0.1, 0.15) is 6.54 Å². The van der Waals surface area contributed by atoms with Crippen molar-refractivity contribution in [1.82, 2.24) is 4.90 Å². The molecular weight excluding hydrogens is 470 g/mol. The van der Waals surface area contributed by atoms with Gasteiger partial charge in [-0.05, 0) is 49.9 Å². The zero-order valence-electron chi connectivity index (χ0n) is 18.0. The molecule has 172 valence electrons. The number of esters is 2. The highest BCUT2D eigenvalue weighted by molar-refractivity contribution is 8.18. The Morgan fingerprint density at radius 3 is 2.52 bits per heavy atom. The summed E-state index contributed by atoms with van der Waals surface area (Å²) >= 11 is 6.75. The Kier molecular flexibility index (Phi) is 7.78. The summed E-state index contributed by atoms with van der Waals surface area (Å²) in [5.41, 5.74) is 0.477. The van der Waals surface area contributed by atoms with E-state index in [0.29, 0.717) is 17.3 Å². The molecule has 2 aromatic carbocycles. The molecule has 1 aliphatic rings. The molecule has 1 fully saturated rings. The van der Waals surface area contributed by atoms with Crippen LogP contribution in [0.5, 0.6) is 11.5 Å². The van der Waals surface area contributed by atoms with Gasteiger partial charge in [0.15, 0.2) is 11.5 Å². The van der Waals surface area contributed by atoms with Crippen molar-refractivity contribution >= 4 is 52.5 Å². The number of carbonyl (C=O) groups is 4. The number of benzene rings is 2. The number of amides is 2. The molecule has 0 N–H and O–H groups in total. The lowest BCUT2D eigenvalue weighted by Crippen LogP contribution is -2.35. The summed E-state index contributed by atoms with van der Waals surface area (Å²) in [4.78, 5) is 50.5. The van der Waals surface area contributed by atoms with E-state index in [1.807, 2.05) is 0 Å². The predicted octanol–water partition coefficient (Wildman–Crippen LogP) is 4.56. The summed E-state index contributed by atoms with van der Waals surface area (Å²) in [6.07, 6.45) is 1.02. The molecule has 0 atom stereocenters. The van der Waals surface area contributed by atoms with E-state index in [1.54, 1.807) is 50.2 Å². The van der Waals surface area contributed by atoms with Crippen LogP contribution in [-0.2, 0) is 14.3 Å². The highest BCUT2D eigenvalue weighted by atomic mass is 35.5. The van der Waals surface area contributed by atoms with Crippen molar-refractivity contribution in [3.05, 3.63) is 63.5 Å². The van der Waals surface area contributed by atoms with Crippen molar-refractivity contribution in [1.29, 1.82) is 0 Å². The van der Waals surface area contributed by atoms with Crippen LogP contribution in [0.1, 0.15) is 29.8 Å². The Labute approximate surface area is 199 Å². The molecule has 10 heteroatoms. The summed E-state index contributed by atoms with van der Waals surface area (Å²) in [6.45, 7) is 2.84. The molecule has 0 spiro atoms. The van der Waals surface area contributed by atoms with Crippen LogP contribution in [0.3, 0.4) is 0 Å². The maximum absolute atomic E-state index is 12.7. The van der Waals surface area contributed by atoms with Gasteiger partial charge >= 0.3 is 11.9 Å². The number of methoxy groups -OCH3 is 1. The Balaban J connectivity index is 1.90. The van der Waals surface area contributed by atoms with Gasteiger partial charge in [0.25, 0.3) is 11.1 Å². The van der Waals surface area contributed by atoms with Crippen LogP contribution in [-0.4, -0.2) is 47.7 Å². The van der Waals surface area contributed by atoms with Crippen LogP contribution in [0, 0.1) is 0 Å². The van der Waals surface area contributed by atoms with Crippen LogP contribution < -0.4 is 9.47 Å². The quantitative estimate of drug-likeness (QED) is 0.317. The Bertz CT molecular complexity index is 1150. The second kappa shape index (κ2) is 10.5. The number of hydrogen-bond donors (Lipinski definition) is 0. The standard InChI is InChI=1S/C23H20ClNO7S/c1-13(2)31-19(26)12-25-21(27)18(33-23(25)29)11-14-7-6-10-17(30-3)20(14)32-22(28)15-8-4-5-9-16(15)24/h4-11,13H,12H2,1-3H3/b18-11-. The van der Waals surface area contributed by atoms with E-state index in [-0.39, 0.29) is 33.1 Å². The lowest BCUT2D eigenvalue weighted by atomic mass is 10.1. The minimum Gasteiger partial charge on any atom is -0.493 e. The first-order valence-corrected chi connectivity index (χ1v) is 11.0. The molecule has 1 heterocycles. The van der Waals surface area contributed by atoms with Crippen molar-refractivity contribution in [2.45, 2.75) is 20.0 Å². The highest BCUT2D eigenvalue weighted by Gasteiger charge is 2.37. The molecular formula is C23H20ClNO7S. The lowest BCUT2D eigenvalue weighted by Gasteiger charge is -2.14. The van der Waals surface area contributed by atoms with E-state index in [2.05, 4.69) is 0 Å². The molecule has 1 saturated heterocycles. The Morgan fingerprint density at radius 1 is 1.12 bits per heavy atom. The fraction of sp³-hybridized carbons (Fsp3) is 0.217. The van der Waals surface area contributed by atoms with Crippen molar-refractivity contribution in [2.75, 3.05) is 13.7 Å².